The van der Waals surface area contributed by atoms with E-state index in [2.05, 4.69) is 0 Å². The van der Waals surface area contributed by atoms with Crippen LogP contribution in [0.5, 0.6) is 5.75 Å². The van der Waals surface area contributed by atoms with Crippen LogP contribution in [0, 0.1) is 0 Å². The summed E-state index contributed by atoms with van der Waals surface area (Å²) in [6, 6.07) is 3.30. The quantitative estimate of drug-likeness (QED) is 0.694. The third-order valence-electron chi connectivity index (χ3n) is 2.43. The molecule has 0 aromatic heterocycles. The number of hydrogen-bond donors (Lipinski definition) is 3. The van der Waals surface area contributed by atoms with Gasteiger partial charge in [0.1, 0.15) is 11.5 Å². The number of ketones is 1. The highest BCUT2D eigenvalue weighted by Gasteiger charge is 2.09. The Hall–Kier alpha value is -1.39. The predicted octanol–water partition coefficient (Wildman–Crippen LogP) is 0.898. The van der Waals surface area contributed by atoms with Gasteiger partial charge in [0.25, 0.3) is 0 Å². The molecule has 4 heteroatoms. The molecular formula is C12H16O4. The van der Waals surface area contributed by atoms with E-state index in [0.717, 1.165) is 5.56 Å². The molecule has 0 saturated carbocycles. The Labute approximate surface area is 94.2 Å². The van der Waals surface area contributed by atoms with Crippen molar-refractivity contribution < 1.29 is 20.1 Å². The van der Waals surface area contributed by atoms with Gasteiger partial charge in [-0.3, -0.25) is 0 Å². The first-order chi connectivity index (χ1) is 7.58. The topological polar surface area (TPSA) is 77.8 Å². The predicted molar refractivity (Wildman–Crippen MR) is 59.0 cm³/mol. The molecule has 0 fully saturated rings. The van der Waals surface area contributed by atoms with E-state index in [9.17, 15) is 9.90 Å². The monoisotopic (exact) mass is 224 g/mol. The van der Waals surface area contributed by atoms with Crippen LogP contribution >= 0.6 is 0 Å². The molecule has 0 aliphatic rings. The average molecular weight is 224 g/mol. The minimum Gasteiger partial charge on any atom is -0.507 e. The Bertz CT molecular complexity index is 360. The molecular weight excluding hydrogens is 208 g/mol. The molecule has 16 heavy (non-hydrogen) atoms. The van der Waals surface area contributed by atoms with Crippen molar-refractivity contribution in [3.63, 3.8) is 0 Å². The molecule has 0 radical (unpaired) electrons. The van der Waals surface area contributed by atoms with E-state index in [-0.39, 0.29) is 24.7 Å². The summed E-state index contributed by atoms with van der Waals surface area (Å²) in [5, 5.41) is 27.7. The molecule has 0 bridgehead atoms. The van der Waals surface area contributed by atoms with Crippen molar-refractivity contribution in [2.24, 2.45) is 0 Å². The lowest BCUT2D eigenvalue weighted by molar-refractivity contribution is -0.116. The van der Waals surface area contributed by atoms with Gasteiger partial charge in [-0.2, -0.15) is 0 Å². The Morgan fingerprint density at radius 1 is 1.19 bits per heavy atom. The fourth-order valence-corrected chi connectivity index (χ4v) is 1.54. The SMILES string of the molecule is CC(=O)CCc1cc(CO)c(O)c(CO)c1. The molecule has 0 aliphatic carbocycles. The number of aliphatic hydroxyl groups is 2. The zero-order valence-corrected chi connectivity index (χ0v) is 9.23. The van der Waals surface area contributed by atoms with Crippen molar-refractivity contribution in [3.05, 3.63) is 28.8 Å². The highest BCUT2D eigenvalue weighted by atomic mass is 16.3. The third kappa shape index (κ3) is 3.05. The number of hydrogen-bond acceptors (Lipinski definition) is 4. The lowest BCUT2D eigenvalue weighted by Crippen LogP contribution is -1.98. The number of Topliss-reactive ketones (excluding diaryl/α,β-unsaturated/α-hetero) is 1. The fourth-order valence-electron chi connectivity index (χ4n) is 1.54. The van der Waals surface area contributed by atoms with Gasteiger partial charge in [-0.1, -0.05) is 0 Å². The van der Waals surface area contributed by atoms with E-state index < -0.39 is 0 Å². The van der Waals surface area contributed by atoms with Crippen molar-refractivity contribution in [1.82, 2.24) is 0 Å². The maximum atomic E-state index is 10.8. The van der Waals surface area contributed by atoms with Gasteiger partial charge >= 0.3 is 0 Å². The number of phenols is 1. The number of benzene rings is 1. The molecule has 1 aromatic rings. The number of aryl methyl sites for hydroxylation is 1. The van der Waals surface area contributed by atoms with Crippen LogP contribution in [0.1, 0.15) is 30.0 Å². The first-order valence-corrected chi connectivity index (χ1v) is 5.13. The zero-order valence-electron chi connectivity index (χ0n) is 9.23. The summed E-state index contributed by atoms with van der Waals surface area (Å²) in [6.07, 6.45) is 0.968. The number of carbonyl (C=O) groups is 1. The molecule has 1 aromatic carbocycles. The Balaban J connectivity index is 2.97. The molecule has 0 aliphatic heterocycles. The summed E-state index contributed by atoms with van der Waals surface area (Å²) >= 11 is 0. The van der Waals surface area contributed by atoms with Crippen molar-refractivity contribution in [1.29, 1.82) is 0 Å². The number of rotatable bonds is 5. The van der Waals surface area contributed by atoms with E-state index in [4.69, 9.17) is 10.2 Å². The number of aliphatic hydroxyl groups excluding tert-OH is 2. The van der Waals surface area contributed by atoms with Crippen molar-refractivity contribution >= 4 is 5.78 Å². The zero-order chi connectivity index (χ0) is 12.1. The van der Waals surface area contributed by atoms with Crippen LogP contribution in [0.4, 0.5) is 0 Å². The molecule has 0 saturated heterocycles. The average Bonchev–Trinajstić information content (AvgIpc) is 2.27. The summed E-state index contributed by atoms with van der Waals surface area (Å²) in [4.78, 5) is 10.8. The molecule has 0 spiro atoms. The molecule has 88 valence electrons. The Morgan fingerprint density at radius 2 is 1.69 bits per heavy atom. The standard InChI is InChI=1S/C12H16O4/c1-8(15)2-3-9-4-10(6-13)12(16)11(5-9)7-14/h4-5,13-14,16H,2-3,6-7H2,1H3. The summed E-state index contributed by atoms with van der Waals surface area (Å²) in [5.41, 5.74) is 1.59. The second kappa shape index (κ2) is 5.63. The smallest absolute Gasteiger partial charge is 0.130 e. The number of aromatic hydroxyl groups is 1. The van der Waals surface area contributed by atoms with Crippen molar-refractivity contribution in [2.45, 2.75) is 33.0 Å². The third-order valence-corrected chi connectivity index (χ3v) is 2.43. The summed E-state index contributed by atoms with van der Waals surface area (Å²) in [6.45, 7) is 0.944. The van der Waals surface area contributed by atoms with Gasteiger partial charge in [0, 0.05) is 17.5 Å². The van der Waals surface area contributed by atoms with Crippen molar-refractivity contribution in [3.8, 4) is 5.75 Å². The largest absolute Gasteiger partial charge is 0.507 e. The van der Waals surface area contributed by atoms with Gasteiger partial charge in [-0.05, 0) is 31.0 Å². The van der Waals surface area contributed by atoms with Gasteiger partial charge < -0.3 is 20.1 Å². The minimum absolute atomic E-state index is 0.0726. The second-order valence-electron chi connectivity index (χ2n) is 3.78. The van der Waals surface area contributed by atoms with Gasteiger partial charge in [0.2, 0.25) is 0 Å². The fraction of sp³-hybridized carbons (Fsp3) is 0.417. The molecule has 0 amide bonds. The summed E-state index contributed by atoms with van der Waals surface area (Å²) in [5.74, 6) is 0.0146. The van der Waals surface area contributed by atoms with Crippen LogP contribution < -0.4 is 0 Å². The molecule has 4 nitrogen and oxygen atoms in total. The van der Waals surface area contributed by atoms with Crippen LogP contribution in [0.15, 0.2) is 12.1 Å². The minimum atomic E-state index is -0.285. The first kappa shape index (κ1) is 12.7. The Morgan fingerprint density at radius 3 is 2.06 bits per heavy atom. The second-order valence-corrected chi connectivity index (χ2v) is 3.78. The van der Waals surface area contributed by atoms with Gasteiger partial charge in [0.15, 0.2) is 0 Å². The van der Waals surface area contributed by atoms with E-state index >= 15 is 0 Å². The highest BCUT2D eigenvalue weighted by Crippen LogP contribution is 2.25. The van der Waals surface area contributed by atoms with Crippen LogP contribution in [0.25, 0.3) is 0 Å². The lowest BCUT2D eigenvalue weighted by Gasteiger charge is -2.09. The van der Waals surface area contributed by atoms with E-state index in [1.54, 1.807) is 12.1 Å². The van der Waals surface area contributed by atoms with Crippen molar-refractivity contribution in [2.75, 3.05) is 0 Å². The van der Waals surface area contributed by atoms with E-state index in [1.807, 2.05) is 0 Å². The molecule has 0 heterocycles. The summed E-state index contributed by atoms with van der Waals surface area (Å²) < 4.78 is 0. The number of carbonyl (C=O) groups excluding carboxylic acids is 1. The van der Waals surface area contributed by atoms with Gasteiger partial charge in [-0.25, -0.2) is 0 Å². The van der Waals surface area contributed by atoms with E-state index in [1.165, 1.54) is 6.92 Å². The molecule has 1 rings (SSSR count). The molecule has 0 unspecified atom stereocenters. The van der Waals surface area contributed by atoms with Crippen LogP contribution in [0.2, 0.25) is 0 Å². The normalized spacial score (nSPS) is 10.4. The maximum absolute atomic E-state index is 10.8. The molecule has 3 N–H and O–H groups in total. The van der Waals surface area contributed by atoms with Crippen LogP contribution in [-0.2, 0) is 24.4 Å². The first-order valence-electron chi connectivity index (χ1n) is 5.13. The summed E-state index contributed by atoms with van der Waals surface area (Å²) in [7, 11) is 0. The highest BCUT2D eigenvalue weighted by molar-refractivity contribution is 5.75. The van der Waals surface area contributed by atoms with Gasteiger partial charge in [0.05, 0.1) is 13.2 Å². The van der Waals surface area contributed by atoms with Crippen LogP contribution in [0.3, 0.4) is 0 Å². The molecule has 0 atom stereocenters. The Kier molecular flexibility index (Phi) is 4.46. The van der Waals surface area contributed by atoms with E-state index in [0.29, 0.717) is 24.0 Å². The van der Waals surface area contributed by atoms with Crippen LogP contribution in [-0.4, -0.2) is 21.1 Å². The maximum Gasteiger partial charge on any atom is 0.130 e. The van der Waals surface area contributed by atoms with Gasteiger partial charge in [-0.15, -0.1) is 0 Å². The lowest BCUT2D eigenvalue weighted by atomic mass is 10.0.